The molecular formula is C15H15N3. The minimum atomic E-state index is 0.397. The summed E-state index contributed by atoms with van der Waals surface area (Å²) in [6.45, 7) is 3.35. The second kappa shape index (κ2) is 4.30. The van der Waals surface area contributed by atoms with Crippen molar-refractivity contribution in [2.45, 2.75) is 25.8 Å². The molecule has 0 bridgehead atoms. The first-order chi connectivity index (χ1) is 8.79. The molecule has 90 valence electrons. The van der Waals surface area contributed by atoms with Gasteiger partial charge in [0.2, 0.25) is 0 Å². The summed E-state index contributed by atoms with van der Waals surface area (Å²) >= 11 is 0. The van der Waals surface area contributed by atoms with Crippen LogP contribution in [0, 0.1) is 17.2 Å². The van der Waals surface area contributed by atoms with Crippen molar-refractivity contribution >= 4 is 0 Å². The van der Waals surface area contributed by atoms with Crippen molar-refractivity contribution in [3.8, 4) is 6.07 Å². The fourth-order valence-electron chi connectivity index (χ4n) is 2.84. The van der Waals surface area contributed by atoms with Gasteiger partial charge in [-0.2, -0.15) is 5.26 Å². The Morgan fingerprint density at radius 2 is 2.11 bits per heavy atom. The van der Waals surface area contributed by atoms with Crippen molar-refractivity contribution in [1.82, 2.24) is 9.55 Å². The Bertz CT molecular complexity index is 589. The van der Waals surface area contributed by atoms with Gasteiger partial charge >= 0.3 is 0 Å². The summed E-state index contributed by atoms with van der Waals surface area (Å²) in [4.78, 5) is 4.26. The van der Waals surface area contributed by atoms with E-state index in [1.165, 1.54) is 17.7 Å². The second-order valence-corrected chi connectivity index (χ2v) is 4.99. The predicted molar refractivity (Wildman–Crippen MR) is 69.0 cm³/mol. The summed E-state index contributed by atoms with van der Waals surface area (Å²) in [5.41, 5.74) is 3.29. The number of imidazole rings is 1. The maximum Gasteiger partial charge on any atom is 0.0991 e. The van der Waals surface area contributed by atoms with Crippen LogP contribution in [0.5, 0.6) is 0 Å². The molecule has 2 aromatic rings. The van der Waals surface area contributed by atoms with E-state index in [2.05, 4.69) is 34.7 Å². The van der Waals surface area contributed by atoms with Crippen LogP contribution < -0.4 is 0 Å². The molecule has 0 saturated heterocycles. The Balaban J connectivity index is 2.03. The Labute approximate surface area is 107 Å². The van der Waals surface area contributed by atoms with Crippen LogP contribution in [-0.4, -0.2) is 9.55 Å². The van der Waals surface area contributed by atoms with E-state index < -0.39 is 0 Å². The number of fused-ring (bicyclic) bond motifs is 1. The maximum atomic E-state index is 8.85. The number of aryl methyl sites for hydroxylation is 1. The van der Waals surface area contributed by atoms with Crippen LogP contribution in [0.3, 0.4) is 0 Å². The van der Waals surface area contributed by atoms with Gasteiger partial charge in [0, 0.05) is 24.4 Å². The molecule has 1 aliphatic rings. The van der Waals surface area contributed by atoms with E-state index in [1.54, 1.807) is 0 Å². The van der Waals surface area contributed by atoms with Gasteiger partial charge in [-0.05, 0) is 30.0 Å². The fraction of sp³-hybridized carbons (Fsp3) is 0.333. The Morgan fingerprint density at radius 3 is 2.83 bits per heavy atom. The first kappa shape index (κ1) is 11.0. The summed E-state index contributed by atoms with van der Waals surface area (Å²) in [6, 6.07) is 10.1. The average Bonchev–Trinajstić information content (AvgIpc) is 2.87. The summed E-state index contributed by atoms with van der Waals surface area (Å²) in [7, 11) is 0. The largest absolute Gasteiger partial charge is 0.334 e. The minimum Gasteiger partial charge on any atom is -0.334 e. The van der Waals surface area contributed by atoms with E-state index in [1.807, 2.05) is 24.7 Å². The third kappa shape index (κ3) is 1.70. The van der Waals surface area contributed by atoms with E-state index in [9.17, 15) is 0 Å². The van der Waals surface area contributed by atoms with Crippen molar-refractivity contribution in [3.05, 3.63) is 53.6 Å². The van der Waals surface area contributed by atoms with Gasteiger partial charge < -0.3 is 4.57 Å². The molecule has 1 unspecified atom stereocenters. The number of aromatic nitrogens is 2. The lowest BCUT2D eigenvalue weighted by Crippen LogP contribution is -2.22. The number of nitrogens with zero attached hydrogens (tertiary/aromatic N) is 3. The highest BCUT2D eigenvalue weighted by atomic mass is 15.1. The van der Waals surface area contributed by atoms with Gasteiger partial charge in [0.05, 0.1) is 18.0 Å². The lowest BCUT2D eigenvalue weighted by atomic mass is 9.80. The third-order valence-corrected chi connectivity index (χ3v) is 3.86. The lowest BCUT2D eigenvalue weighted by molar-refractivity contribution is 0.374. The molecule has 0 saturated carbocycles. The van der Waals surface area contributed by atoms with Gasteiger partial charge in [-0.3, -0.25) is 0 Å². The van der Waals surface area contributed by atoms with Crippen LogP contribution in [0.1, 0.15) is 36.1 Å². The number of nitriles is 1. The lowest BCUT2D eigenvalue weighted by Gasteiger charge is -2.30. The van der Waals surface area contributed by atoms with Crippen molar-refractivity contribution in [1.29, 1.82) is 5.26 Å². The number of benzene rings is 1. The predicted octanol–water partition coefficient (Wildman–Crippen LogP) is 2.93. The van der Waals surface area contributed by atoms with E-state index in [0.717, 1.165) is 12.1 Å². The highest BCUT2D eigenvalue weighted by Gasteiger charge is 2.28. The SMILES string of the molecule is C[C@@H]1CCn2cncc2C1c1ccc(C#N)cc1. The van der Waals surface area contributed by atoms with Gasteiger partial charge in [0.15, 0.2) is 0 Å². The van der Waals surface area contributed by atoms with E-state index in [4.69, 9.17) is 5.26 Å². The van der Waals surface area contributed by atoms with Crippen LogP contribution in [0.4, 0.5) is 0 Å². The third-order valence-electron chi connectivity index (χ3n) is 3.86. The van der Waals surface area contributed by atoms with Gasteiger partial charge in [0.1, 0.15) is 0 Å². The van der Waals surface area contributed by atoms with E-state index >= 15 is 0 Å². The van der Waals surface area contributed by atoms with Crippen molar-refractivity contribution in [2.24, 2.45) is 5.92 Å². The monoisotopic (exact) mass is 237 g/mol. The van der Waals surface area contributed by atoms with Gasteiger partial charge in [-0.25, -0.2) is 4.98 Å². The zero-order valence-electron chi connectivity index (χ0n) is 10.4. The van der Waals surface area contributed by atoms with Gasteiger partial charge in [-0.1, -0.05) is 19.1 Å². The molecule has 0 N–H and O–H groups in total. The quantitative estimate of drug-likeness (QED) is 0.765. The first-order valence-corrected chi connectivity index (χ1v) is 6.29. The van der Waals surface area contributed by atoms with Crippen LogP contribution >= 0.6 is 0 Å². The van der Waals surface area contributed by atoms with Crippen molar-refractivity contribution in [3.63, 3.8) is 0 Å². The smallest absolute Gasteiger partial charge is 0.0991 e. The molecular weight excluding hydrogens is 222 g/mol. The molecule has 3 heteroatoms. The number of rotatable bonds is 1. The summed E-state index contributed by atoms with van der Waals surface area (Å²) < 4.78 is 2.24. The normalized spacial score (nSPS) is 22.2. The molecule has 1 aliphatic heterocycles. The highest BCUT2D eigenvalue weighted by molar-refractivity contribution is 5.36. The molecule has 1 aromatic carbocycles. The van der Waals surface area contributed by atoms with Crippen LogP contribution in [0.2, 0.25) is 0 Å². The molecule has 0 radical (unpaired) electrons. The fourth-order valence-corrected chi connectivity index (χ4v) is 2.84. The zero-order chi connectivity index (χ0) is 12.5. The molecule has 0 amide bonds. The summed E-state index contributed by atoms with van der Waals surface area (Å²) in [5.74, 6) is 1.01. The topological polar surface area (TPSA) is 41.6 Å². The Hall–Kier alpha value is -2.08. The summed E-state index contributed by atoms with van der Waals surface area (Å²) in [6.07, 6.45) is 5.06. The molecule has 0 aliphatic carbocycles. The van der Waals surface area contributed by atoms with E-state index in [0.29, 0.717) is 11.8 Å². The molecule has 1 aromatic heterocycles. The van der Waals surface area contributed by atoms with Crippen LogP contribution in [0.15, 0.2) is 36.8 Å². The Kier molecular flexibility index (Phi) is 2.64. The molecule has 2 heterocycles. The second-order valence-electron chi connectivity index (χ2n) is 4.99. The van der Waals surface area contributed by atoms with Crippen LogP contribution in [-0.2, 0) is 6.54 Å². The molecule has 0 fully saturated rings. The summed E-state index contributed by atoms with van der Waals surface area (Å²) in [5, 5.41) is 8.85. The average molecular weight is 237 g/mol. The van der Waals surface area contributed by atoms with Crippen molar-refractivity contribution < 1.29 is 0 Å². The molecule has 18 heavy (non-hydrogen) atoms. The zero-order valence-corrected chi connectivity index (χ0v) is 10.4. The van der Waals surface area contributed by atoms with E-state index in [-0.39, 0.29) is 0 Å². The maximum absolute atomic E-state index is 8.85. The van der Waals surface area contributed by atoms with Gasteiger partial charge in [-0.15, -0.1) is 0 Å². The number of hydrogen-bond donors (Lipinski definition) is 0. The van der Waals surface area contributed by atoms with Crippen molar-refractivity contribution in [2.75, 3.05) is 0 Å². The molecule has 0 spiro atoms. The standard InChI is InChI=1S/C15H15N3/c1-11-6-7-18-10-17-9-14(18)15(11)13-4-2-12(8-16)3-5-13/h2-5,9-11,15H,6-7H2,1H3/t11-,15?/m1/s1. The minimum absolute atomic E-state index is 0.397. The molecule has 3 rings (SSSR count). The highest BCUT2D eigenvalue weighted by Crippen LogP contribution is 2.37. The Morgan fingerprint density at radius 1 is 1.33 bits per heavy atom. The van der Waals surface area contributed by atoms with Crippen LogP contribution in [0.25, 0.3) is 0 Å². The molecule has 3 nitrogen and oxygen atoms in total. The van der Waals surface area contributed by atoms with Gasteiger partial charge in [0.25, 0.3) is 0 Å². The first-order valence-electron chi connectivity index (χ1n) is 6.29. The molecule has 2 atom stereocenters. The number of hydrogen-bond acceptors (Lipinski definition) is 2.